The number of phenols is 1. The Bertz CT molecular complexity index is 4150. The molecule has 13 atom stereocenters. The molecule has 0 spiro atoms. The standard InChI is InChI=1S/C91H133N17O15/c1-57(2)50-70(104-89(120)78(59(5)6)107-82(113)69(39-22-26-48-95)99-81(112)68(38-21-25-47-94)98-80(111)67(37-20-24-46-93)97-79(110)66(96)36-19-23-45-92)83(114)105-75(51-58(3)4)90(121)108-49-27-40-77(108)88(119)103-74(54-62-32-15-9-16-33-62)86(117)102-73(55-64-41-43-65(109)44-42-64)85(116)100-71(52-60-28-11-7-12-29-60)84(115)101-72(53-61-30-13-8-14-31-61)87(118)106-76(91(122)123)56-63-34-17-10-18-35-63/h7-18,28-35,41-44,57-59,66-78,109H,19-27,36-40,45-56,92-96H2,1-6H3,(H,97,110)(H,98,111)(H,99,112)(H,100,116)(H,101,115)(H,102,117)(H,103,119)(H,104,120)(H,105,114)(H,106,118)(H,107,113)(H,122,123)/t66-,67-,68-,69-,70-,71-,72-,73-,74-,75-,76-,77-,78-/m0/s1. The number of aromatic hydroxyl groups is 1. The highest BCUT2D eigenvalue weighted by atomic mass is 16.4. The number of hydrogen-bond acceptors (Lipinski definition) is 19. The lowest BCUT2D eigenvalue weighted by atomic mass is 9.98. The van der Waals surface area contributed by atoms with Crippen LogP contribution in [-0.4, -0.2) is 203 Å². The summed E-state index contributed by atoms with van der Waals surface area (Å²) < 4.78 is 0. The minimum absolute atomic E-state index is 0.0671. The van der Waals surface area contributed by atoms with Gasteiger partial charge in [0.25, 0.3) is 0 Å². The van der Waals surface area contributed by atoms with E-state index in [4.69, 9.17) is 28.7 Å². The number of amides is 12. The van der Waals surface area contributed by atoms with Crippen LogP contribution in [0.1, 0.15) is 172 Å². The Morgan fingerprint density at radius 3 is 1.02 bits per heavy atom. The number of benzene rings is 5. The summed E-state index contributed by atoms with van der Waals surface area (Å²) in [5, 5.41) is 51.7. The fraction of sp³-hybridized carbons (Fsp3) is 0.527. The number of rotatable bonds is 55. The van der Waals surface area contributed by atoms with Crippen molar-refractivity contribution < 1.29 is 72.5 Å². The molecule has 0 aromatic heterocycles. The summed E-state index contributed by atoms with van der Waals surface area (Å²) in [7, 11) is 0. The number of carboxylic acid groups (broad SMARTS) is 1. The first kappa shape index (κ1) is 101. The average Bonchev–Trinajstić information content (AvgIpc) is 1.71. The Labute approximate surface area is 722 Å². The highest BCUT2D eigenvalue weighted by molar-refractivity contribution is 6.00. The van der Waals surface area contributed by atoms with Crippen LogP contribution in [0.25, 0.3) is 0 Å². The first-order valence-electron chi connectivity index (χ1n) is 43.3. The Morgan fingerprint density at radius 1 is 0.350 bits per heavy atom. The molecule has 1 aliphatic heterocycles. The van der Waals surface area contributed by atoms with Crippen LogP contribution in [0.15, 0.2) is 146 Å². The second-order valence-corrected chi connectivity index (χ2v) is 33.0. The van der Waals surface area contributed by atoms with Crippen LogP contribution < -0.4 is 87.2 Å². The fourth-order valence-corrected chi connectivity index (χ4v) is 14.6. The van der Waals surface area contributed by atoms with Crippen molar-refractivity contribution in [2.45, 2.75) is 255 Å². The van der Waals surface area contributed by atoms with Crippen LogP contribution in [0, 0.1) is 17.8 Å². The van der Waals surface area contributed by atoms with Crippen molar-refractivity contribution >= 4 is 76.9 Å². The van der Waals surface area contributed by atoms with E-state index in [-0.39, 0.29) is 101 Å². The van der Waals surface area contributed by atoms with Gasteiger partial charge in [-0.1, -0.05) is 181 Å². The highest BCUT2D eigenvalue weighted by Gasteiger charge is 2.42. The highest BCUT2D eigenvalue weighted by Crippen LogP contribution is 2.24. The number of carbonyl (C=O) groups excluding carboxylic acids is 12. The van der Waals surface area contributed by atoms with Crippen molar-refractivity contribution in [3.63, 3.8) is 0 Å². The number of nitrogens with one attached hydrogen (secondary N) is 11. The molecule has 0 aliphatic carbocycles. The molecule has 0 radical (unpaired) electrons. The van der Waals surface area contributed by atoms with Gasteiger partial charge in [0, 0.05) is 38.6 Å². The number of carbonyl (C=O) groups is 13. The molecule has 1 fully saturated rings. The zero-order valence-corrected chi connectivity index (χ0v) is 72.0. The molecule has 1 saturated heterocycles. The van der Waals surface area contributed by atoms with Gasteiger partial charge in [-0.25, -0.2) is 4.79 Å². The molecule has 5 aromatic carbocycles. The van der Waals surface area contributed by atoms with Gasteiger partial charge in [-0.15, -0.1) is 0 Å². The lowest BCUT2D eigenvalue weighted by Crippen LogP contribution is -2.61. The molecule has 5 aromatic rings. The number of hydrogen-bond donors (Lipinski definition) is 18. The molecule has 123 heavy (non-hydrogen) atoms. The van der Waals surface area contributed by atoms with Crippen LogP contribution in [0.5, 0.6) is 5.75 Å². The summed E-state index contributed by atoms with van der Waals surface area (Å²) in [5.41, 5.74) is 32.3. The first-order chi connectivity index (χ1) is 58.9. The van der Waals surface area contributed by atoms with Crippen molar-refractivity contribution in [3.05, 3.63) is 173 Å². The normalized spacial score (nSPS) is 15.5. The molecule has 0 bridgehead atoms. The SMILES string of the molecule is CC(C)C[C@H](NC(=O)[C@@H](NC(=O)[C@H](CCCCN)NC(=O)[C@H](CCCCN)NC(=O)[C@H](CCCCN)NC(=O)[C@@H](N)CCCCN)C(C)C)C(=O)N[C@@H](CC(C)C)C(=O)N1CCC[C@H]1C(=O)N[C@@H](Cc1ccccc1)C(=O)N[C@@H](Cc1ccc(O)cc1)C(=O)N[C@@H](Cc1ccccc1)C(=O)N[C@@H](Cc1ccccc1)C(=O)N[C@@H](Cc1ccccc1)C(=O)O. The predicted molar refractivity (Wildman–Crippen MR) is 469 cm³/mol. The van der Waals surface area contributed by atoms with Crippen LogP contribution in [-0.2, 0) is 94.4 Å². The van der Waals surface area contributed by atoms with E-state index in [0.717, 1.165) is 0 Å². The molecule has 23 N–H and O–H groups in total. The maximum Gasteiger partial charge on any atom is 0.326 e. The number of nitrogens with two attached hydrogens (primary N) is 5. The zero-order chi connectivity index (χ0) is 89.9. The molecular weight excluding hydrogens is 1570 g/mol. The predicted octanol–water partition coefficient (Wildman–Crippen LogP) is 2.91. The third-order valence-corrected chi connectivity index (χ3v) is 21.4. The number of likely N-dealkylation sites (tertiary alicyclic amines) is 1. The molecular formula is C91H133N17O15. The molecule has 1 aliphatic rings. The topological polar surface area (TPSA) is 528 Å². The van der Waals surface area contributed by atoms with Gasteiger partial charge < -0.3 is 102 Å². The second kappa shape index (κ2) is 53.7. The number of unbranched alkanes of at least 4 members (excludes halogenated alkanes) is 4. The zero-order valence-electron chi connectivity index (χ0n) is 72.0. The smallest absolute Gasteiger partial charge is 0.326 e. The molecule has 0 saturated carbocycles. The Balaban J connectivity index is 1.23. The maximum absolute atomic E-state index is 15.3. The number of nitrogens with zero attached hydrogens (tertiary/aromatic N) is 1. The minimum Gasteiger partial charge on any atom is -0.508 e. The van der Waals surface area contributed by atoms with Gasteiger partial charge in [0.2, 0.25) is 70.9 Å². The van der Waals surface area contributed by atoms with E-state index in [1.165, 1.54) is 17.0 Å². The van der Waals surface area contributed by atoms with Gasteiger partial charge in [0.05, 0.1) is 6.04 Å². The van der Waals surface area contributed by atoms with Crippen LogP contribution >= 0.6 is 0 Å². The van der Waals surface area contributed by atoms with E-state index in [1.807, 2.05) is 27.7 Å². The fourth-order valence-electron chi connectivity index (χ4n) is 14.6. The third-order valence-electron chi connectivity index (χ3n) is 21.4. The lowest BCUT2D eigenvalue weighted by molar-refractivity contribution is -0.143. The van der Waals surface area contributed by atoms with Crippen molar-refractivity contribution in [2.24, 2.45) is 46.4 Å². The van der Waals surface area contributed by atoms with Crippen LogP contribution in [0.2, 0.25) is 0 Å². The van der Waals surface area contributed by atoms with E-state index in [2.05, 4.69) is 58.5 Å². The van der Waals surface area contributed by atoms with Crippen molar-refractivity contribution in [1.82, 2.24) is 63.4 Å². The molecule has 672 valence electrons. The summed E-state index contributed by atoms with van der Waals surface area (Å²) in [5.74, 6) is -11.3. The van der Waals surface area contributed by atoms with Gasteiger partial charge in [0.1, 0.15) is 78.3 Å². The van der Waals surface area contributed by atoms with Crippen LogP contribution in [0.4, 0.5) is 0 Å². The molecule has 32 nitrogen and oxygen atoms in total. The van der Waals surface area contributed by atoms with Crippen molar-refractivity contribution in [2.75, 3.05) is 32.7 Å². The van der Waals surface area contributed by atoms with Gasteiger partial charge in [0.15, 0.2) is 0 Å². The summed E-state index contributed by atoms with van der Waals surface area (Å²) >= 11 is 0. The van der Waals surface area contributed by atoms with Crippen molar-refractivity contribution in [3.8, 4) is 5.75 Å². The molecule has 0 unspecified atom stereocenters. The van der Waals surface area contributed by atoms with E-state index >= 15 is 24.0 Å². The summed E-state index contributed by atoms with van der Waals surface area (Å²) in [4.78, 5) is 191. The first-order valence-corrected chi connectivity index (χ1v) is 43.3. The van der Waals surface area contributed by atoms with Gasteiger partial charge >= 0.3 is 5.97 Å². The Morgan fingerprint density at radius 2 is 0.650 bits per heavy atom. The van der Waals surface area contributed by atoms with Crippen LogP contribution in [0.3, 0.4) is 0 Å². The quantitative estimate of drug-likeness (QED) is 0.0249. The Kier molecular flexibility index (Phi) is 43.9. The summed E-state index contributed by atoms with van der Waals surface area (Å²) in [6, 6.07) is 24.2. The lowest BCUT2D eigenvalue weighted by Gasteiger charge is -2.32. The number of phenolic OH excluding ortho intramolecular Hbond substituents is 1. The monoisotopic (exact) mass is 1700 g/mol. The number of aliphatic carboxylic acids is 1. The third kappa shape index (κ3) is 35.3. The van der Waals surface area contributed by atoms with Gasteiger partial charge in [-0.2, -0.15) is 0 Å². The second-order valence-electron chi connectivity index (χ2n) is 33.0. The minimum atomic E-state index is -1.50. The largest absolute Gasteiger partial charge is 0.508 e. The molecule has 12 amide bonds. The van der Waals surface area contributed by atoms with Gasteiger partial charge in [-0.3, -0.25) is 57.5 Å². The summed E-state index contributed by atoms with van der Waals surface area (Å²) in [6.07, 6.45) is 4.74. The number of carboxylic acids is 1. The molecule has 1 heterocycles. The summed E-state index contributed by atoms with van der Waals surface area (Å²) in [6.45, 7) is 12.1. The van der Waals surface area contributed by atoms with E-state index in [1.54, 1.807) is 147 Å². The molecule has 6 rings (SSSR count). The maximum atomic E-state index is 15.3. The van der Waals surface area contributed by atoms with Crippen molar-refractivity contribution in [1.29, 1.82) is 0 Å². The van der Waals surface area contributed by atoms with Gasteiger partial charge in [-0.05, 0) is 180 Å². The average molecular weight is 1710 g/mol. The Hall–Kier alpha value is -11.2. The van der Waals surface area contributed by atoms with E-state index in [9.17, 15) is 48.6 Å². The molecule has 32 heteroatoms. The van der Waals surface area contributed by atoms with E-state index < -0.39 is 161 Å². The van der Waals surface area contributed by atoms with E-state index in [0.29, 0.717) is 112 Å².